The van der Waals surface area contributed by atoms with E-state index >= 15 is 0 Å². The van der Waals surface area contributed by atoms with Gasteiger partial charge in [0, 0.05) is 12.2 Å². The van der Waals surface area contributed by atoms with Gasteiger partial charge in [-0.25, -0.2) is 4.98 Å². The van der Waals surface area contributed by atoms with Crippen molar-refractivity contribution >= 4 is 11.6 Å². The lowest BCUT2D eigenvalue weighted by molar-refractivity contribution is -0.144. The van der Waals surface area contributed by atoms with Gasteiger partial charge in [-0.05, 0) is 36.1 Å². The van der Waals surface area contributed by atoms with Crippen LogP contribution in [0.2, 0.25) is 0 Å². The first kappa shape index (κ1) is 19.9. The summed E-state index contributed by atoms with van der Waals surface area (Å²) in [5.41, 5.74) is 3.92. The number of rotatable bonds is 3. The summed E-state index contributed by atoms with van der Waals surface area (Å²) >= 11 is 0. The highest BCUT2D eigenvalue weighted by molar-refractivity contribution is 6.05. The number of anilines is 1. The maximum Gasteiger partial charge on any atom is 0.451 e. The van der Waals surface area contributed by atoms with Gasteiger partial charge >= 0.3 is 6.18 Å². The first-order valence-electron chi connectivity index (χ1n) is 9.76. The van der Waals surface area contributed by atoms with Gasteiger partial charge in [-0.2, -0.15) is 22.8 Å². The number of alkyl halides is 3. The van der Waals surface area contributed by atoms with Crippen molar-refractivity contribution in [1.29, 1.82) is 0 Å². The molecule has 1 aliphatic rings. The Balaban J connectivity index is 1.46. The van der Waals surface area contributed by atoms with Crippen molar-refractivity contribution in [3.05, 3.63) is 71.6 Å². The van der Waals surface area contributed by atoms with Crippen LogP contribution in [0.15, 0.2) is 48.5 Å². The fourth-order valence-corrected chi connectivity index (χ4v) is 3.80. The number of aromatic nitrogens is 6. The minimum absolute atomic E-state index is 0.140. The highest BCUT2D eigenvalue weighted by Gasteiger charge is 2.36. The number of hydrogen-bond acceptors (Lipinski definition) is 5. The minimum atomic E-state index is -4.67. The van der Waals surface area contributed by atoms with E-state index in [0.717, 1.165) is 27.1 Å². The lowest BCUT2D eigenvalue weighted by Gasteiger charge is -2.16. The molecule has 0 fully saturated rings. The maximum absolute atomic E-state index is 13.2. The van der Waals surface area contributed by atoms with E-state index in [1.165, 1.54) is 6.92 Å². The molecule has 1 amide bonds. The fourth-order valence-electron chi connectivity index (χ4n) is 3.80. The second-order valence-corrected chi connectivity index (χ2v) is 7.25. The zero-order valence-corrected chi connectivity index (χ0v) is 16.8. The molecule has 2 aromatic heterocycles. The van der Waals surface area contributed by atoms with E-state index in [1.54, 1.807) is 4.90 Å². The Kier molecular flexibility index (Phi) is 4.54. The van der Waals surface area contributed by atoms with Crippen molar-refractivity contribution in [1.82, 2.24) is 29.9 Å². The summed E-state index contributed by atoms with van der Waals surface area (Å²) in [5.74, 6) is -1.98. The number of carbonyl (C=O) groups is 1. The second-order valence-electron chi connectivity index (χ2n) is 7.25. The van der Waals surface area contributed by atoms with E-state index in [2.05, 4.69) is 20.2 Å². The Morgan fingerprint density at radius 3 is 2.56 bits per heavy atom. The molecule has 0 atom stereocenters. The topological polar surface area (TPSA) is 92.6 Å². The average molecular weight is 439 g/mol. The van der Waals surface area contributed by atoms with Crippen LogP contribution in [-0.2, 0) is 12.6 Å². The lowest BCUT2D eigenvalue weighted by Crippen LogP contribution is -2.30. The molecule has 3 heterocycles. The molecule has 162 valence electrons. The van der Waals surface area contributed by atoms with Gasteiger partial charge in [0.1, 0.15) is 5.82 Å². The van der Waals surface area contributed by atoms with Crippen molar-refractivity contribution in [3.63, 3.8) is 0 Å². The Morgan fingerprint density at radius 2 is 1.84 bits per heavy atom. The van der Waals surface area contributed by atoms with E-state index in [0.29, 0.717) is 13.0 Å². The van der Waals surface area contributed by atoms with Gasteiger partial charge < -0.3 is 4.90 Å². The van der Waals surface area contributed by atoms with Crippen molar-refractivity contribution in [3.8, 4) is 17.1 Å². The number of nitrogens with one attached hydrogen (secondary N) is 1. The number of fused-ring (bicyclic) bond motifs is 1. The number of benzene rings is 2. The lowest BCUT2D eigenvalue weighted by atomic mass is 9.98. The molecule has 0 aliphatic carbocycles. The molecule has 11 heteroatoms. The van der Waals surface area contributed by atoms with Crippen LogP contribution in [0.3, 0.4) is 0 Å². The Morgan fingerprint density at radius 1 is 1.06 bits per heavy atom. The molecule has 0 radical (unpaired) electrons. The monoisotopic (exact) mass is 439 g/mol. The van der Waals surface area contributed by atoms with Crippen LogP contribution < -0.4 is 4.90 Å². The van der Waals surface area contributed by atoms with Gasteiger partial charge in [0.25, 0.3) is 11.9 Å². The van der Waals surface area contributed by atoms with Crippen LogP contribution in [-0.4, -0.2) is 42.4 Å². The molecule has 0 saturated carbocycles. The van der Waals surface area contributed by atoms with Crippen molar-refractivity contribution in [2.75, 3.05) is 11.4 Å². The van der Waals surface area contributed by atoms with Gasteiger partial charge in [0.2, 0.25) is 11.6 Å². The molecule has 5 rings (SSSR count). The van der Waals surface area contributed by atoms with E-state index in [1.807, 2.05) is 53.6 Å². The number of aryl methyl sites for hydroxylation is 1. The third kappa shape index (κ3) is 3.31. The van der Waals surface area contributed by atoms with Gasteiger partial charge in [-0.15, -0.1) is 10.2 Å². The average Bonchev–Trinajstić information content (AvgIpc) is 3.51. The van der Waals surface area contributed by atoms with Crippen LogP contribution in [0.4, 0.5) is 18.9 Å². The number of amides is 1. The van der Waals surface area contributed by atoms with E-state index in [4.69, 9.17) is 0 Å². The van der Waals surface area contributed by atoms with Gasteiger partial charge in [0.15, 0.2) is 0 Å². The summed E-state index contributed by atoms with van der Waals surface area (Å²) < 4.78 is 39.4. The second kappa shape index (κ2) is 7.29. The van der Waals surface area contributed by atoms with E-state index in [-0.39, 0.29) is 17.6 Å². The molecular formula is C21H16F3N7O. The third-order valence-electron chi connectivity index (χ3n) is 5.25. The molecular weight excluding hydrogens is 423 g/mol. The Hall–Kier alpha value is -4.02. The van der Waals surface area contributed by atoms with Crippen molar-refractivity contribution in [2.45, 2.75) is 19.5 Å². The highest BCUT2D eigenvalue weighted by atomic mass is 19.4. The van der Waals surface area contributed by atoms with Crippen LogP contribution in [0.5, 0.6) is 0 Å². The summed E-state index contributed by atoms with van der Waals surface area (Å²) in [6.45, 7) is 1.96. The normalized spacial score (nSPS) is 13.4. The molecule has 0 unspecified atom stereocenters. The highest BCUT2D eigenvalue weighted by Crippen LogP contribution is 2.36. The van der Waals surface area contributed by atoms with Crippen LogP contribution in [0, 0.1) is 6.92 Å². The summed E-state index contributed by atoms with van der Waals surface area (Å²) in [6, 6.07) is 15.6. The SMILES string of the molecule is Cc1nc(C(=O)N2CCc3c(-c4ccccc4)cccc32)nn1-c1n[nH]c(C(F)(F)F)n1. The maximum atomic E-state index is 13.2. The zero-order valence-electron chi connectivity index (χ0n) is 16.8. The molecule has 2 aromatic carbocycles. The quantitative estimate of drug-likeness (QED) is 0.527. The summed E-state index contributed by atoms with van der Waals surface area (Å²) in [5, 5.41) is 9.45. The van der Waals surface area contributed by atoms with Crippen LogP contribution in [0.25, 0.3) is 17.1 Å². The number of halogens is 3. The minimum Gasteiger partial charge on any atom is -0.305 e. The largest absolute Gasteiger partial charge is 0.451 e. The first-order chi connectivity index (χ1) is 15.3. The number of aromatic amines is 1. The predicted molar refractivity (Wildman–Crippen MR) is 108 cm³/mol. The number of nitrogens with zero attached hydrogens (tertiary/aromatic N) is 6. The molecule has 8 nitrogen and oxygen atoms in total. The van der Waals surface area contributed by atoms with Crippen molar-refractivity contribution < 1.29 is 18.0 Å². The Labute approximate surface area is 179 Å². The van der Waals surface area contributed by atoms with Crippen LogP contribution in [0.1, 0.15) is 27.8 Å². The molecule has 0 saturated heterocycles. The third-order valence-corrected chi connectivity index (χ3v) is 5.25. The molecule has 32 heavy (non-hydrogen) atoms. The molecule has 0 bridgehead atoms. The van der Waals surface area contributed by atoms with Crippen LogP contribution >= 0.6 is 0 Å². The molecule has 4 aromatic rings. The standard InChI is InChI=1S/C21H16F3N7O/c1-12-25-17(29-31(12)20-26-19(27-28-20)21(22,23)24)18(32)30-11-10-15-14(8-5-9-16(15)30)13-6-3-2-4-7-13/h2-9H,10-11H2,1H3,(H,26,27,28). The fraction of sp³-hybridized carbons (Fsp3) is 0.190. The van der Waals surface area contributed by atoms with E-state index in [9.17, 15) is 18.0 Å². The summed E-state index contributed by atoms with van der Waals surface area (Å²) in [4.78, 5) is 22.3. The Bertz CT molecular complexity index is 1310. The first-order valence-corrected chi connectivity index (χ1v) is 9.76. The molecule has 0 spiro atoms. The van der Waals surface area contributed by atoms with Gasteiger partial charge in [-0.1, -0.05) is 42.5 Å². The molecule has 1 aliphatic heterocycles. The number of H-pyrrole nitrogens is 1. The summed E-state index contributed by atoms with van der Waals surface area (Å²) in [7, 11) is 0. The van der Waals surface area contributed by atoms with Gasteiger partial charge in [-0.3, -0.25) is 9.89 Å². The summed E-state index contributed by atoms with van der Waals surface area (Å²) in [6.07, 6.45) is -4.00. The smallest absolute Gasteiger partial charge is 0.305 e. The van der Waals surface area contributed by atoms with Crippen molar-refractivity contribution in [2.24, 2.45) is 0 Å². The number of hydrogen-bond donors (Lipinski definition) is 1. The molecule has 1 N–H and O–H groups in total. The number of carbonyl (C=O) groups excluding carboxylic acids is 1. The predicted octanol–water partition coefficient (Wildman–Crippen LogP) is 3.58. The van der Waals surface area contributed by atoms with Gasteiger partial charge in [0.05, 0.1) is 0 Å². The van der Waals surface area contributed by atoms with E-state index < -0.39 is 17.9 Å². The zero-order chi connectivity index (χ0) is 22.5.